The third-order valence-corrected chi connectivity index (χ3v) is 4.27. The summed E-state index contributed by atoms with van der Waals surface area (Å²) in [5.41, 5.74) is 0. The minimum atomic E-state index is 0.0188. The zero-order chi connectivity index (χ0) is 15.1. The van der Waals surface area contributed by atoms with Crippen LogP contribution in [0.5, 0.6) is 11.5 Å². The van der Waals surface area contributed by atoms with Gasteiger partial charge in [-0.25, -0.2) is 0 Å². The molecule has 1 amide bonds. The summed E-state index contributed by atoms with van der Waals surface area (Å²) in [6, 6.07) is 5.63. The molecule has 0 bridgehead atoms. The second-order valence-corrected chi connectivity index (χ2v) is 5.79. The zero-order valence-corrected chi connectivity index (χ0v) is 13.2. The first-order chi connectivity index (χ1) is 10.2. The van der Waals surface area contributed by atoms with Gasteiger partial charge in [-0.3, -0.25) is 4.79 Å². The van der Waals surface area contributed by atoms with Gasteiger partial charge in [0.1, 0.15) is 0 Å². The molecule has 0 aromatic heterocycles. The van der Waals surface area contributed by atoms with Gasteiger partial charge in [0.25, 0.3) is 0 Å². The van der Waals surface area contributed by atoms with E-state index in [1.165, 1.54) is 11.8 Å². The third kappa shape index (κ3) is 4.82. The second kappa shape index (κ2) is 8.14. The maximum atomic E-state index is 11.8. The molecule has 1 saturated heterocycles. The zero-order valence-electron chi connectivity index (χ0n) is 12.4. The number of carbonyl (C=O) groups excluding carboxylic acids is 1. The van der Waals surface area contributed by atoms with Crippen molar-refractivity contribution in [3.8, 4) is 11.5 Å². The highest BCUT2D eigenvalue weighted by Gasteiger charge is 2.16. The second-order valence-electron chi connectivity index (χ2n) is 4.74. The molecule has 1 atom stereocenters. The van der Waals surface area contributed by atoms with Crippen molar-refractivity contribution in [2.45, 2.75) is 23.8 Å². The molecule has 1 heterocycles. The van der Waals surface area contributed by atoms with E-state index in [0.29, 0.717) is 23.8 Å². The highest BCUT2D eigenvalue weighted by Crippen LogP contribution is 2.31. The van der Waals surface area contributed by atoms with Gasteiger partial charge in [-0.2, -0.15) is 0 Å². The Morgan fingerprint density at radius 3 is 2.86 bits per heavy atom. The average molecular weight is 311 g/mol. The summed E-state index contributed by atoms with van der Waals surface area (Å²) in [6.45, 7) is 1.41. The molecule has 21 heavy (non-hydrogen) atoms. The topological polar surface area (TPSA) is 56.8 Å². The number of nitrogens with one attached hydrogen (secondary N) is 1. The molecule has 2 rings (SSSR count). The fourth-order valence-electron chi connectivity index (χ4n) is 2.14. The van der Waals surface area contributed by atoms with Gasteiger partial charge < -0.3 is 19.5 Å². The fourth-order valence-corrected chi connectivity index (χ4v) is 2.89. The monoisotopic (exact) mass is 311 g/mol. The SMILES string of the molecule is COc1ccc(SCC(=O)NC[C@H]2CCCO2)cc1OC. The van der Waals surface area contributed by atoms with Crippen molar-refractivity contribution < 1.29 is 19.0 Å². The molecule has 0 spiro atoms. The van der Waals surface area contributed by atoms with Crippen molar-refractivity contribution in [1.29, 1.82) is 0 Å². The van der Waals surface area contributed by atoms with E-state index in [4.69, 9.17) is 14.2 Å². The highest BCUT2D eigenvalue weighted by molar-refractivity contribution is 8.00. The summed E-state index contributed by atoms with van der Waals surface area (Å²) < 4.78 is 15.9. The van der Waals surface area contributed by atoms with Crippen molar-refractivity contribution >= 4 is 17.7 Å². The van der Waals surface area contributed by atoms with Crippen LogP contribution in [-0.2, 0) is 9.53 Å². The van der Waals surface area contributed by atoms with E-state index in [0.717, 1.165) is 24.3 Å². The van der Waals surface area contributed by atoms with E-state index in [2.05, 4.69) is 5.32 Å². The number of rotatable bonds is 7. The Morgan fingerprint density at radius 2 is 2.19 bits per heavy atom. The molecule has 1 N–H and O–H groups in total. The number of thioether (sulfide) groups is 1. The maximum Gasteiger partial charge on any atom is 0.230 e. The number of hydrogen-bond donors (Lipinski definition) is 1. The molecule has 0 aliphatic carbocycles. The number of hydrogen-bond acceptors (Lipinski definition) is 5. The summed E-state index contributed by atoms with van der Waals surface area (Å²) in [5.74, 6) is 1.75. The van der Waals surface area contributed by atoms with Crippen LogP contribution in [-0.4, -0.2) is 45.1 Å². The van der Waals surface area contributed by atoms with Gasteiger partial charge >= 0.3 is 0 Å². The largest absolute Gasteiger partial charge is 0.493 e. The fraction of sp³-hybridized carbons (Fsp3) is 0.533. The molecular formula is C15H21NO4S. The summed E-state index contributed by atoms with van der Waals surface area (Å²) in [7, 11) is 3.20. The van der Waals surface area contributed by atoms with Gasteiger partial charge in [-0.15, -0.1) is 11.8 Å². The molecule has 116 valence electrons. The number of ether oxygens (including phenoxy) is 3. The number of benzene rings is 1. The average Bonchev–Trinajstić information content (AvgIpc) is 3.04. The van der Waals surface area contributed by atoms with Crippen molar-refractivity contribution in [3.63, 3.8) is 0 Å². The van der Waals surface area contributed by atoms with Crippen LogP contribution < -0.4 is 14.8 Å². The van der Waals surface area contributed by atoms with E-state index < -0.39 is 0 Å². The quantitative estimate of drug-likeness (QED) is 0.782. The number of amides is 1. The molecule has 1 fully saturated rings. The molecule has 0 radical (unpaired) electrons. The minimum Gasteiger partial charge on any atom is -0.493 e. The normalized spacial score (nSPS) is 17.5. The van der Waals surface area contributed by atoms with Crippen molar-refractivity contribution in [2.75, 3.05) is 33.1 Å². The Morgan fingerprint density at radius 1 is 1.38 bits per heavy atom. The lowest BCUT2D eigenvalue weighted by Gasteiger charge is -2.11. The van der Waals surface area contributed by atoms with Gasteiger partial charge in [0.15, 0.2) is 11.5 Å². The summed E-state index contributed by atoms with van der Waals surface area (Å²) in [6.07, 6.45) is 2.30. The van der Waals surface area contributed by atoms with Crippen LogP contribution in [0.4, 0.5) is 0 Å². The predicted octanol–water partition coefficient (Wildman–Crippen LogP) is 2.09. The molecule has 5 nitrogen and oxygen atoms in total. The number of methoxy groups -OCH3 is 2. The molecular weight excluding hydrogens is 290 g/mol. The van der Waals surface area contributed by atoms with Crippen LogP contribution in [0.15, 0.2) is 23.1 Å². The van der Waals surface area contributed by atoms with Crippen molar-refractivity contribution in [1.82, 2.24) is 5.32 Å². The van der Waals surface area contributed by atoms with E-state index in [1.54, 1.807) is 14.2 Å². The van der Waals surface area contributed by atoms with Crippen LogP contribution in [0.3, 0.4) is 0 Å². The number of carbonyl (C=O) groups is 1. The Balaban J connectivity index is 1.77. The summed E-state index contributed by atoms with van der Waals surface area (Å²) in [4.78, 5) is 12.8. The Hall–Kier alpha value is -1.40. The lowest BCUT2D eigenvalue weighted by molar-refractivity contribution is -0.119. The molecule has 1 aromatic rings. The lowest BCUT2D eigenvalue weighted by Crippen LogP contribution is -2.32. The molecule has 1 aliphatic rings. The predicted molar refractivity (Wildman–Crippen MR) is 82.3 cm³/mol. The van der Waals surface area contributed by atoms with Crippen LogP contribution in [0.2, 0.25) is 0 Å². The van der Waals surface area contributed by atoms with Crippen LogP contribution in [0.1, 0.15) is 12.8 Å². The molecule has 1 aromatic carbocycles. The summed E-state index contributed by atoms with van der Waals surface area (Å²) in [5, 5.41) is 2.91. The van der Waals surface area contributed by atoms with Gasteiger partial charge in [0, 0.05) is 18.0 Å². The van der Waals surface area contributed by atoms with E-state index >= 15 is 0 Å². The van der Waals surface area contributed by atoms with Crippen molar-refractivity contribution in [3.05, 3.63) is 18.2 Å². The Kier molecular flexibility index (Phi) is 6.20. The first-order valence-electron chi connectivity index (χ1n) is 6.96. The lowest BCUT2D eigenvalue weighted by atomic mass is 10.2. The van der Waals surface area contributed by atoms with Gasteiger partial charge in [0.2, 0.25) is 5.91 Å². The first kappa shape index (κ1) is 16.0. The Labute approximate surface area is 129 Å². The van der Waals surface area contributed by atoms with E-state index in [9.17, 15) is 4.79 Å². The van der Waals surface area contributed by atoms with Gasteiger partial charge in [-0.1, -0.05) is 0 Å². The van der Waals surface area contributed by atoms with Crippen LogP contribution in [0, 0.1) is 0 Å². The standard InChI is InChI=1S/C15H21NO4S/c1-18-13-6-5-12(8-14(13)19-2)21-10-15(17)16-9-11-4-3-7-20-11/h5-6,8,11H,3-4,7,9-10H2,1-2H3,(H,16,17)/t11-/m1/s1. The molecule has 0 saturated carbocycles. The van der Waals surface area contributed by atoms with E-state index in [-0.39, 0.29) is 12.0 Å². The van der Waals surface area contributed by atoms with Crippen molar-refractivity contribution in [2.24, 2.45) is 0 Å². The first-order valence-corrected chi connectivity index (χ1v) is 7.94. The van der Waals surface area contributed by atoms with Gasteiger partial charge in [-0.05, 0) is 31.0 Å². The van der Waals surface area contributed by atoms with Gasteiger partial charge in [0.05, 0.1) is 26.1 Å². The maximum absolute atomic E-state index is 11.8. The Bertz CT molecular complexity index is 475. The van der Waals surface area contributed by atoms with E-state index in [1.807, 2.05) is 18.2 Å². The summed E-state index contributed by atoms with van der Waals surface area (Å²) >= 11 is 1.47. The van der Waals surface area contributed by atoms with Crippen LogP contribution in [0.25, 0.3) is 0 Å². The molecule has 0 unspecified atom stereocenters. The molecule has 1 aliphatic heterocycles. The van der Waals surface area contributed by atoms with Crippen LogP contribution >= 0.6 is 11.8 Å². The third-order valence-electron chi connectivity index (χ3n) is 3.28. The minimum absolute atomic E-state index is 0.0188. The smallest absolute Gasteiger partial charge is 0.230 e. The molecule has 6 heteroatoms. The highest BCUT2D eigenvalue weighted by atomic mass is 32.2.